The topological polar surface area (TPSA) is 93.8 Å². The molecule has 0 saturated carbocycles. The molecular formula is C20H17N3O4. The number of nitro benzene ring substituents is 1. The minimum atomic E-state index is -0.544. The lowest BCUT2D eigenvalue weighted by Crippen LogP contribution is -2.24. The summed E-state index contributed by atoms with van der Waals surface area (Å²) in [4.78, 5) is 22.3. The monoisotopic (exact) mass is 363 g/mol. The Kier molecular flexibility index (Phi) is 5.41. The molecule has 0 aromatic heterocycles. The van der Waals surface area contributed by atoms with Crippen LogP contribution in [0.25, 0.3) is 10.8 Å². The molecule has 1 N–H and O–H groups in total. The second-order valence-corrected chi connectivity index (χ2v) is 5.92. The first-order valence-electron chi connectivity index (χ1n) is 8.21. The van der Waals surface area contributed by atoms with Crippen molar-refractivity contribution in [2.24, 2.45) is 5.10 Å². The van der Waals surface area contributed by atoms with E-state index in [2.05, 4.69) is 10.5 Å². The molecule has 7 heteroatoms. The maximum atomic E-state index is 11.8. The lowest BCUT2D eigenvalue weighted by molar-refractivity contribution is -0.385. The number of nitrogens with one attached hydrogen (secondary N) is 1. The van der Waals surface area contributed by atoms with Gasteiger partial charge < -0.3 is 4.74 Å². The van der Waals surface area contributed by atoms with Crippen LogP contribution in [0.5, 0.6) is 5.75 Å². The predicted octanol–water partition coefficient (Wildman–Crippen LogP) is 3.59. The number of benzene rings is 3. The number of nitrogens with zero attached hydrogens (tertiary/aromatic N) is 2. The molecule has 0 unspecified atom stereocenters. The normalized spacial score (nSPS) is 10.9. The SMILES string of the molecule is Cc1ccc(OCC(=O)NN=Cc2ccc3ccccc3c2)c([N+](=O)[O-])c1. The Morgan fingerprint density at radius 2 is 1.93 bits per heavy atom. The van der Waals surface area contributed by atoms with Crippen molar-refractivity contribution >= 4 is 28.6 Å². The molecule has 0 aliphatic rings. The lowest BCUT2D eigenvalue weighted by atomic mass is 10.1. The first-order valence-corrected chi connectivity index (χ1v) is 8.21. The number of nitro groups is 1. The fraction of sp³-hybridized carbons (Fsp3) is 0.100. The van der Waals surface area contributed by atoms with Crippen molar-refractivity contribution in [2.45, 2.75) is 6.92 Å². The molecule has 0 heterocycles. The van der Waals surface area contributed by atoms with Gasteiger partial charge in [-0.25, -0.2) is 5.43 Å². The van der Waals surface area contributed by atoms with Crippen molar-refractivity contribution in [2.75, 3.05) is 6.61 Å². The molecule has 0 saturated heterocycles. The van der Waals surface area contributed by atoms with Crippen LogP contribution in [0.4, 0.5) is 5.69 Å². The number of hydrogen-bond donors (Lipinski definition) is 1. The largest absolute Gasteiger partial charge is 0.477 e. The van der Waals surface area contributed by atoms with E-state index in [1.54, 1.807) is 13.0 Å². The summed E-state index contributed by atoms with van der Waals surface area (Å²) in [7, 11) is 0. The molecular weight excluding hydrogens is 346 g/mol. The zero-order valence-corrected chi connectivity index (χ0v) is 14.6. The van der Waals surface area contributed by atoms with Gasteiger partial charge in [0.05, 0.1) is 11.1 Å². The fourth-order valence-electron chi connectivity index (χ4n) is 2.53. The smallest absolute Gasteiger partial charge is 0.311 e. The molecule has 3 aromatic carbocycles. The zero-order chi connectivity index (χ0) is 19.2. The fourth-order valence-corrected chi connectivity index (χ4v) is 2.53. The molecule has 3 aromatic rings. The van der Waals surface area contributed by atoms with E-state index in [1.807, 2.05) is 42.5 Å². The summed E-state index contributed by atoms with van der Waals surface area (Å²) < 4.78 is 5.25. The van der Waals surface area contributed by atoms with Crippen molar-refractivity contribution in [3.05, 3.63) is 81.9 Å². The van der Waals surface area contributed by atoms with Crippen LogP contribution in [0.15, 0.2) is 65.8 Å². The summed E-state index contributed by atoms with van der Waals surface area (Å²) in [5.41, 5.74) is 3.74. The number of carbonyl (C=O) groups is 1. The quantitative estimate of drug-likeness (QED) is 0.411. The van der Waals surface area contributed by atoms with Crippen LogP contribution in [0.1, 0.15) is 11.1 Å². The highest BCUT2D eigenvalue weighted by Gasteiger charge is 2.16. The molecule has 0 aliphatic heterocycles. The van der Waals surface area contributed by atoms with Gasteiger partial charge in [0.25, 0.3) is 5.91 Å². The number of ether oxygens (including phenoxy) is 1. The molecule has 0 fully saturated rings. The maximum Gasteiger partial charge on any atom is 0.311 e. The molecule has 3 rings (SSSR count). The highest BCUT2D eigenvalue weighted by Crippen LogP contribution is 2.27. The molecule has 0 aliphatic carbocycles. The Hall–Kier alpha value is -3.74. The van der Waals surface area contributed by atoms with Gasteiger partial charge in [0.15, 0.2) is 12.4 Å². The van der Waals surface area contributed by atoms with E-state index in [9.17, 15) is 14.9 Å². The van der Waals surface area contributed by atoms with E-state index in [0.717, 1.165) is 21.9 Å². The second kappa shape index (κ2) is 8.09. The summed E-state index contributed by atoms with van der Waals surface area (Å²) in [6.45, 7) is 1.37. The molecule has 0 bridgehead atoms. The molecule has 7 nitrogen and oxygen atoms in total. The van der Waals surface area contributed by atoms with Crippen LogP contribution >= 0.6 is 0 Å². The Morgan fingerprint density at radius 3 is 2.70 bits per heavy atom. The average molecular weight is 363 g/mol. The van der Waals surface area contributed by atoms with Crippen molar-refractivity contribution < 1.29 is 14.5 Å². The van der Waals surface area contributed by atoms with Crippen molar-refractivity contribution in [1.82, 2.24) is 5.43 Å². The number of amides is 1. The highest BCUT2D eigenvalue weighted by molar-refractivity contribution is 5.90. The summed E-state index contributed by atoms with van der Waals surface area (Å²) >= 11 is 0. The van der Waals surface area contributed by atoms with Gasteiger partial charge in [0.1, 0.15) is 0 Å². The standard InChI is InChI=1S/C20H17N3O4/c1-14-6-9-19(18(10-14)23(25)26)27-13-20(24)22-21-12-15-7-8-16-4-2-3-5-17(16)11-15/h2-12H,13H2,1H3,(H,22,24). The van der Waals surface area contributed by atoms with E-state index < -0.39 is 10.8 Å². The Bertz CT molecular complexity index is 1030. The highest BCUT2D eigenvalue weighted by atomic mass is 16.6. The number of hydrogen-bond acceptors (Lipinski definition) is 5. The van der Waals surface area contributed by atoms with Crippen molar-refractivity contribution in [3.63, 3.8) is 0 Å². The summed E-state index contributed by atoms with van der Waals surface area (Å²) in [5, 5.41) is 17.1. The minimum absolute atomic E-state index is 0.0410. The molecule has 1 amide bonds. The van der Waals surface area contributed by atoms with Crippen molar-refractivity contribution in [1.29, 1.82) is 0 Å². The molecule has 0 spiro atoms. The van der Waals surface area contributed by atoms with E-state index in [-0.39, 0.29) is 18.0 Å². The molecule has 0 atom stereocenters. The summed E-state index contributed by atoms with van der Waals surface area (Å²) in [6, 6.07) is 18.3. The van der Waals surface area contributed by atoms with Gasteiger partial charge in [-0.3, -0.25) is 14.9 Å². The van der Waals surface area contributed by atoms with Gasteiger partial charge in [-0.2, -0.15) is 5.10 Å². The van der Waals surface area contributed by atoms with Crippen LogP contribution in [0.3, 0.4) is 0 Å². The van der Waals surface area contributed by atoms with Crippen LogP contribution in [0.2, 0.25) is 0 Å². The Labute approximate surface area is 155 Å². The van der Waals surface area contributed by atoms with Crippen LogP contribution in [-0.4, -0.2) is 23.7 Å². The van der Waals surface area contributed by atoms with Gasteiger partial charge in [-0.1, -0.05) is 42.5 Å². The molecule has 0 radical (unpaired) electrons. The maximum absolute atomic E-state index is 11.8. The van der Waals surface area contributed by atoms with E-state index in [4.69, 9.17) is 4.74 Å². The van der Waals surface area contributed by atoms with Crippen LogP contribution in [-0.2, 0) is 4.79 Å². The molecule has 136 valence electrons. The van der Waals surface area contributed by atoms with Gasteiger partial charge in [0.2, 0.25) is 0 Å². The average Bonchev–Trinajstić information content (AvgIpc) is 2.66. The minimum Gasteiger partial charge on any atom is -0.477 e. The summed E-state index contributed by atoms with van der Waals surface area (Å²) in [5.74, 6) is -0.471. The third-order valence-electron chi connectivity index (χ3n) is 3.85. The molecule has 27 heavy (non-hydrogen) atoms. The number of aryl methyl sites for hydroxylation is 1. The Morgan fingerprint density at radius 1 is 1.15 bits per heavy atom. The van der Waals surface area contributed by atoms with Gasteiger partial charge in [-0.05, 0) is 41.0 Å². The van der Waals surface area contributed by atoms with Crippen LogP contribution in [0, 0.1) is 17.0 Å². The van der Waals surface area contributed by atoms with E-state index >= 15 is 0 Å². The number of hydrazone groups is 1. The third kappa shape index (κ3) is 4.66. The first-order chi connectivity index (χ1) is 13.0. The van der Waals surface area contributed by atoms with Gasteiger partial charge >= 0.3 is 5.69 Å². The predicted molar refractivity (Wildman–Crippen MR) is 103 cm³/mol. The zero-order valence-electron chi connectivity index (χ0n) is 14.6. The lowest BCUT2D eigenvalue weighted by Gasteiger charge is -2.06. The second-order valence-electron chi connectivity index (χ2n) is 5.92. The summed E-state index contributed by atoms with van der Waals surface area (Å²) in [6.07, 6.45) is 1.53. The number of carbonyl (C=O) groups excluding carboxylic acids is 1. The van der Waals surface area contributed by atoms with E-state index in [1.165, 1.54) is 18.3 Å². The van der Waals surface area contributed by atoms with E-state index in [0.29, 0.717) is 0 Å². The van der Waals surface area contributed by atoms with Crippen molar-refractivity contribution in [3.8, 4) is 5.75 Å². The number of rotatable bonds is 6. The van der Waals surface area contributed by atoms with Gasteiger partial charge in [0, 0.05) is 6.07 Å². The number of fused-ring (bicyclic) bond motifs is 1. The third-order valence-corrected chi connectivity index (χ3v) is 3.85. The van der Waals surface area contributed by atoms with Crippen LogP contribution < -0.4 is 10.2 Å². The Balaban J connectivity index is 1.58. The van der Waals surface area contributed by atoms with Gasteiger partial charge in [-0.15, -0.1) is 0 Å². The first kappa shape index (κ1) is 18.1.